The zero-order valence-corrected chi connectivity index (χ0v) is 23.1. The third-order valence-corrected chi connectivity index (χ3v) is 7.58. The molecule has 9 heteroatoms. The Morgan fingerprint density at radius 1 is 0.757 bits per heavy atom. The fraction of sp³-hybridized carbons (Fsp3) is 0.964. The zero-order chi connectivity index (χ0) is 27.6. The van der Waals surface area contributed by atoms with Gasteiger partial charge in [-0.25, -0.2) is 0 Å². The van der Waals surface area contributed by atoms with Crippen molar-refractivity contribution in [1.29, 1.82) is 0 Å². The summed E-state index contributed by atoms with van der Waals surface area (Å²) in [4.78, 5) is 12.0. The van der Waals surface area contributed by atoms with Crippen molar-refractivity contribution in [3.05, 3.63) is 0 Å². The van der Waals surface area contributed by atoms with Crippen molar-refractivity contribution in [3.63, 3.8) is 0 Å². The average molecular weight is 534 g/mol. The minimum absolute atomic E-state index is 0.151. The molecule has 2 unspecified atom stereocenters. The Morgan fingerprint density at radius 2 is 1.27 bits per heavy atom. The van der Waals surface area contributed by atoms with Crippen molar-refractivity contribution in [3.8, 4) is 0 Å². The van der Waals surface area contributed by atoms with Crippen LogP contribution in [0.1, 0.15) is 117 Å². The number of ether oxygens (including phenoxy) is 1. The van der Waals surface area contributed by atoms with E-state index in [-0.39, 0.29) is 25.2 Å². The summed E-state index contributed by atoms with van der Waals surface area (Å²) in [5.74, 6) is -0.268. The van der Waals surface area contributed by atoms with Gasteiger partial charge in [0.25, 0.3) is 0 Å². The van der Waals surface area contributed by atoms with E-state index in [1.165, 1.54) is 57.8 Å². The van der Waals surface area contributed by atoms with Gasteiger partial charge in [0.05, 0.1) is 31.0 Å². The SMILES string of the molecule is CCCCCCCCCCCCCC[C@@H](O)[C@@H](O)[C@H](CC[C@H]1OC(CO)[C@H](O)[C@H](O)C1O)NC(=O)CC. The van der Waals surface area contributed by atoms with Crippen molar-refractivity contribution >= 4 is 5.91 Å². The molecule has 8 atom stereocenters. The van der Waals surface area contributed by atoms with E-state index in [2.05, 4.69) is 12.2 Å². The molecule has 0 saturated carbocycles. The molecule has 0 radical (unpaired) electrons. The molecule has 1 rings (SSSR count). The minimum atomic E-state index is -1.47. The van der Waals surface area contributed by atoms with Crippen LogP contribution in [0.3, 0.4) is 0 Å². The molecule has 220 valence electrons. The largest absolute Gasteiger partial charge is 0.394 e. The van der Waals surface area contributed by atoms with E-state index < -0.39 is 55.4 Å². The van der Waals surface area contributed by atoms with Crippen molar-refractivity contribution in [2.75, 3.05) is 6.61 Å². The third-order valence-electron chi connectivity index (χ3n) is 7.58. The fourth-order valence-electron chi connectivity index (χ4n) is 5.03. The van der Waals surface area contributed by atoms with Gasteiger partial charge in [-0.15, -0.1) is 0 Å². The molecular formula is C28H55NO8. The molecule has 0 aliphatic carbocycles. The Morgan fingerprint density at radius 3 is 1.78 bits per heavy atom. The fourth-order valence-corrected chi connectivity index (χ4v) is 5.03. The van der Waals surface area contributed by atoms with Crippen LogP contribution in [0.25, 0.3) is 0 Å². The van der Waals surface area contributed by atoms with E-state index in [0.29, 0.717) is 6.42 Å². The first-order valence-electron chi connectivity index (χ1n) is 14.7. The molecule has 37 heavy (non-hydrogen) atoms. The van der Waals surface area contributed by atoms with Gasteiger partial charge in [0, 0.05) is 6.42 Å². The van der Waals surface area contributed by atoms with Crippen LogP contribution in [0.2, 0.25) is 0 Å². The lowest BCUT2D eigenvalue weighted by Gasteiger charge is -2.40. The number of hydrogen-bond donors (Lipinski definition) is 7. The summed E-state index contributed by atoms with van der Waals surface area (Å²) >= 11 is 0. The van der Waals surface area contributed by atoms with Gasteiger partial charge in [-0.1, -0.05) is 90.9 Å². The van der Waals surface area contributed by atoms with E-state index in [9.17, 15) is 35.4 Å². The van der Waals surface area contributed by atoms with Crippen LogP contribution in [0.4, 0.5) is 0 Å². The molecule has 0 bridgehead atoms. The first-order valence-corrected chi connectivity index (χ1v) is 14.7. The lowest BCUT2D eigenvalue weighted by molar-refractivity contribution is -0.231. The molecule has 0 aromatic carbocycles. The lowest BCUT2D eigenvalue weighted by Crippen LogP contribution is -2.59. The standard InChI is InChI=1S/C28H55NO8/c1-3-5-6-7-8-9-10-11-12-13-14-15-16-21(31)25(33)20(29-24(32)4-2)17-18-22-26(34)28(36)27(35)23(19-30)37-22/h20-23,25-28,30-31,33-36H,3-19H2,1-2H3,(H,29,32)/t20-,21+,22+,23?,25-,26?,27-,28+/m0/s1. The maximum atomic E-state index is 12.0. The Hall–Kier alpha value is -0.810. The molecule has 1 fully saturated rings. The van der Waals surface area contributed by atoms with Gasteiger partial charge in [-0.3, -0.25) is 4.79 Å². The number of carbonyl (C=O) groups excluding carboxylic acids is 1. The van der Waals surface area contributed by atoms with Crippen LogP contribution in [0.15, 0.2) is 0 Å². The number of amides is 1. The van der Waals surface area contributed by atoms with Crippen molar-refractivity contribution in [1.82, 2.24) is 5.32 Å². The summed E-state index contributed by atoms with van der Waals surface area (Å²) in [5.41, 5.74) is 0. The van der Waals surface area contributed by atoms with Gasteiger partial charge >= 0.3 is 0 Å². The number of aliphatic hydroxyl groups excluding tert-OH is 6. The molecule has 0 aromatic rings. The monoisotopic (exact) mass is 533 g/mol. The molecule has 1 aliphatic rings. The molecular weight excluding hydrogens is 478 g/mol. The van der Waals surface area contributed by atoms with Gasteiger partial charge in [0.2, 0.25) is 5.91 Å². The van der Waals surface area contributed by atoms with Gasteiger partial charge in [-0.05, 0) is 19.3 Å². The molecule has 1 amide bonds. The Bertz CT molecular complexity index is 578. The highest BCUT2D eigenvalue weighted by molar-refractivity contribution is 5.75. The minimum Gasteiger partial charge on any atom is -0.394 e. The maximum absolute atomic E-state index is 12.0. The molecule has 0 aromatic heterocycles. The van der Waals surface area contributed by atoms with Crippen LogP contribution in [-0.4, -0.2) is 91.9 Å². The Labute approximate surface area is 223 Å². The summed E-state index contributed by atoms with van der Waals surface area (Å²) in [5, 5.41) is 63.7. The first-order chi connectivity index (χ1) is 17.8. The number of carbonyl (C=O) groups is 1. The number of aliphatic hydroxyl groups is 6. The molecule has 1 heterocycles. The van der Waals surface area contributed by atoms with Crippen LogP contribution in [-0.2, 0) is 9.53 Å². The smallest absolute Gasteiger partial charge is 0.220 e. The molecule has 9 nitrogen and oxygen atoms in total. The summed E-state index contributed by atoms with van der Waals surface area (Å²) in [6.07, 6.45) is 7.14. The van der Waals surface area contributed by atoms with Crippen LogP contribution in [0, 0.1) is 0 Å². The van der Waals surface area contributed by atoms with E-state index in [0.717, 1.165) is 19.3 Å². The quantitative estimate of drug-likeness (QED) is 0.111. The second-order valence-corrected chi connectivity index (χ2v) is 10.7. The highest BCUT2D eigenvalue weighted by Crippen LogP contribution is 2.25. The van der Waals surface area contributed by atoms with Crippen LogP contribution in [0.5, 0.6) is 0 Å². The molecule has 1 saturated heterocycles. The van der Waals surface area contributed by atoms with Crippen molar-refractivity contribution < 1.29 is 40.2 Å². The Balaban J connectivity index is 2.39. The van der Waals surface area contributed by atoms with Gasteiger partial charge < -0.3 is 40.7 Å². The highest BCUT2D eigenvalue weighted by Gasteiger charge is 2.43. The summed E-state index contributed by atoms with van der Waals surface area (Å²) in [6, 6.07) is -0.757. The summed E-state index contributed by atoms with van der Waals surface area (Å²) in [6.45, 7) is 3.41. The summed E-state index contributed by atoms with van der Waals surface area (Å²) < 4.78 is 5.53. The third kappa shape index (κ3) is 13.2. The number of nitrogens with one attached hydrogen (secondary N) is 1. The van der Waals surface area contributed by atoms with E-state index in [4.69, 9.17) is 4.74 Å². The second-order valence-electron chi connectivity index (χ2n) is 10.7. The average Bonchev–Trinajstić information content (AvgIpc) is 2.90. The van der Waals surface area contributed by atoms with Gasteiger partial charge in [-0.2, -0.15) is 0 Å². The van der Waals surface area contributed by atoms with Crippen LogP contribution < -0.4 is 5.32 Å². The Kier molecular flexibility index (Phi) is 18.6. The maximum Gasteiger partial charge on any atom is 0.220 e. The number of unbranched alkanes of at least 4 members (excludes halogenated alkanes) is 11. The molecule has 7 N–H and O–H groups in total. The predicted octanol–water partition coefficient (Wildman–Crippen LogP) is 2.32. The topological polar surface area (TPSA) is 160 Å². The van der Waals surface area contributed by atoms with E-state index in [1.807, 2.05) is 0 Å². The highest BCUT2D eigenvalue weighted by atomic mass is 16.5. The lowest BCUT2D eigenvalue weighted by atomic mass is 9.90. The second kappa shape index (κ2) is 20.1. The molecule has 1 aliphatic heterocycles. The number of hydrogen-bond acceptors (Lipinski definition) is 8. The van der Waals surface area contributed by atoms with Crippen molar-refractivity contribution in [2.24, 2.45) is 0 Å². The van der Waals surface area contributed by atoms with Gasteiger partial charge in [0.15, 0.2) is 0 Å². The zero-order valence-electron chi connectivity index (χ0n) is 23.1. The predicted molar refractivity (Wildman–Crippen MR) is 143 cm³/mol. The summed E-state index contributed by atoms with van der Waals surface area (Å²) in [7, 11) is 0. The van der Waals surface area contributed by atoms with Crippen LogP contribution >= 0.6 is 0 Å². The first kappa shape index (κ1) is 34.2. The molecule has 0 spiro atoms. The number of rotatable bonds is 21. The van der Waals surface area contributed by atoms with E-state index in [1.54, 1.807) is 6.92 Å². The van der Waals surface area contributed by atoms with Crippen molar-refractivity contribution in [2.45, 2.75) is 165 Å². The van der Waals surface area contributed by atoms with Gasteiger partial charge in [0.1, 0.15) is 24.4 Å². The normalized spacial score (nSPS) is 26.5. The van der Waals surface area contributed by atoms with E-state index >= 15 is 0 Å².